The minimum atomic E-state index is 0.0426. The van der Waals surface area contributed by atoms with E-state index in [0.717, 1.165) is 18.5 Å². The molecule has 1 aliphatic rings. The second-order valence-corrected chi connectivity index (χ2v) is 7.31. The fourth-order valence-electron chi connectivity index (χ4n) is 2.11. The Balaban J connectivity index is 2.03. The first-order valence-corrected chi connectivity index (χ1v) is 7.06. The molecular formula is C14H19NOS. The Morgan fingerprint density at radius 2 is 2.29 bits per heavy atom. The molecule has 0 bridgehead atoms. The number of nitrogens with zero attached hydrogens (tertiary/aromatic N) is 1. The van der Waals surface area contributed by atoms with Crippen LogP contribution in [0.2, 0.25) is 0 Å². The third-order valence-electron chi connectivity index (χ3n) is 2.99. The molecule has 1 atom stereocenters. The van der Waals surface area contributed by atoms with Gasteiger partial charge in [-0.25, -0.2) is 0 Å². The van der Waals surface area contributed by atoms with E-state index in [4.69, 9.17) is 0 Å². The summed E-state index contributed by atoms with van der Waals surface area (Å²) in [5, 5.41) is 0. The lowest BCUT2D eigenvalue weighted by Crippen LogP contribution is -2.18. The zero-order valence-electron chi connectivity index (χ0n) is 10.7. The van der Waals surface area contributed by atoms with Crippen molar-refractivity contribution in [3.05, 3.63) is 29.6 Å². The van der Waals surface area contributed by atoms with Gasteiger partial charge in [-0.15, -0.1) is 11.8 Å². The van der Waals surface area contributed by atoms with Crippen LogP contribution in [0.25, 0.3) is 0 Å². The third-order valence-corrected chi connectivity index (χ3v) is 4.29. The van der Waals surface area contributed by atoms with E-state index in [1.54, 1.807) is 18.0 Å². The molecule has 1 aromatic heterocycles. The van der Waals surface area contributed by atoms with Crippen LogP contribution in [0.5, 0.6) is 0 Å². The van der Waals surface area contributed by atoms with Crippen LogP contribution in [-0.2, 0) is 11.2 Å². The molecule has 1 unspecified atom stereocenters. The number of aryl methyl sites for hydroxylation is 1. The molecule has 0 spiro atoms. The monoisotopic (exact) mass is 249 g/mol. The summed E-state index contributed by atoms with van der Waals surface area (Å²) in [4.78, 5) is 16.6. The summed E-state index contributed by atoms with van der Waals surface area (Å²) in [5.74, 6) is 0.980. The van der Waals surface area contributed by atoms with E-state index in [1.807, 2.05) is 6.07 Å². The van der Waals surface area contributed by atoms with Gasteiger partial charge in [0.15, 0.2) is 5.78 Å². The van der Waals surface area contributed by atoms with Crippen LogP contribution in [0.1, 0.15) is 44.4 Å². The number of carbonyl (C=O) groups is 1. The molecule has 0 aromatic carbocycles. The zero-order chi connectivity index (χ0) is 12.5. The van der Waals surface area contributed by atoms with Crippen molar-refractivity contribution in [1.82, 2.24) is 4.98 Å². The molecule has 2 nitrogen and oxygen atoms in total. The van der Waals surface area contributed by atoms with Gasteiger partial charge in [0.25, 0.3) is 0 Å². The second-order valence-electron chi connectivity index (χ2n) is 5.51. The highest BCUT2D eigenvalue weighted by atomic mass is 32.2. The number of hydrogen-bond donors (Lipinski definition) is 0. The maximum atomic E-state index is 12.2. The summed E-state index contributed by atoms with van der Waals surface area (Å²) >= 11 is 1.73. The number of aromatic nitrogens is 1. The van der Waals surface area contributed by atoms with Crippen molar-refractivity contribution in [1.29, 1.82) is 0 Å². The van der Waals surface area contributed by atoms with E-state index in [1.165, 1.54) is 5.56 Å². The number of pyridine rings is 1. The first-order chi connectivity index (χ1) is 7.97. The van der Waals surface area contributed by atoms with Crippen molar-refractivity contribution < 1.29 is 4.79 Å². The van der Waals surface area contributed by atoms with Crippen LogP contribution >= 0.6 is 11.8 Å². The molecule has 0 saturated heterocycles. The molecule has 0 N–H and O–H groups in total. The Bertz CT molecular complexity index is 422. The number of ketones is 1. The van der Waals surface area contributed by atoms with Crippen LogP contribution < -0.4 is 0 Å². The van der Waals surface area contributed by atoms with Gasteiger partial charge in [0.1, 0.15) is 0 Å². The molecule has 0 amide bonds. The molecule has 2 rings (SSSR count). The summed E-state index contributed by atoms with van der Waals surface area (Å²) in [6.07, 6.45) is 3.73. The average molecular weight is 249 g/mol. The normalized spacial score (nSPS) is 19.1. The second kappa shape index (κ2) is 4.81. The van der Waals surface area contributed by atoms with E-state index >= 15 is 0 Å². The Morgan fingerprint density at radius 3 is 3.00 bits per heavy atom. The summed E-state index contributed by atoms with van der Waals surface area (Å²) in [5.41, 5.74) is 2.28. The zero-order valence-corrected chi connectivity index (χ0v) is 11.5. The largest absolute Gasteiger partial charge is 0.298 e. The van der Waals surface area contributed by atoms with Crippen molar-refractivity contribution in [2.24, 2.45) is 0 Å². The van der Waals surface area contributed by atoms with Crippen molar-refractivity contribution in [3.8, 4) is 0 Å². The van der Waals surface area contributed by atoms with Gasteiger partial charge in [0.05, 0.1) is 17.4 Å². The smallest absolute Gasteiger partial charge is 0.151 e. The number of fused-ring (bicyclic) bond motifs is 1. The number of rotatable bonds is 3. The van der Waals surface area contributed by atoms with E-state index in [-0.39, 0.29) is 10.7 Å². The molecule has 1 aliphatic carbocycles. The molecule has 0 radical (unpaired) electrons. The topological polar surface area (TPSA) is 30.0 Å². The van der Waals surface area contributed by atoms with Gasteiger partial charge in [0, 0.05) is 10.9 Å². The quantitative estimate of drug-likeness (QED) is 0.824. The van der Waals surface area contributed by atoms with Gasteiger partial charge in [-0.2, -0.15) is 0 Å². The molecule has 1 heterocycles. The summed E-state index contributed by atoms with van der Waals surface area (Å²) < 4.78 is 0.154. The Hall–Kier alpha value is -0.830. The van der Waals surface area contributed by atoms with E-state index in [9.17, 15) is 4.79 Å². The SMILES string of the molecule is CC(C)(C)SCC(=O)C1CCc2cccnc21. The average Bonchev–Trinajstić information content (AvgIpc) is 2.68. The van der Waals surface area contributed by atoms with Gasteiger partial charge < -0.3 is 0 Å². The first kappa shape index (κ1) is 12.6. The van der Waals surface area contributed by atoms with Gasteiger partial charge in [-0.1, -0.05) is 26.8 Å². The lowest BCUT2D eigenvalue weighted by atomic mass is 10.0. The number of carbonyl (C=O) groups excluding carboxylic acids is 1. The highest BCUT2D eigenvalue weighted by Crippen LogP contribution is 2.34. The standard InChI is InChI=1S/C14H19NOS/c1-14(2,3)17-9-12(16)11-7-6-10-5-4-8-15-13(10)11/h4-5,8,11H,6-7,9H2,1-3H3. The molecule has 0 fully saturated rings. The Morgan fingerprint density at radius 1 is 1.53 bits per heavy atom. The van der Waals surface area contributed by atoms with Crippen LogP contribution in [0.15, 0.2) is 18.3 Å². The fraction of sp³-hybridized carbons (Fsp3) is 0.571. The van der Waals surface area contributed by atoms with Crippen molar-refractivity contribution in [2.75, 3.05) is 5.75 Å². The lowest BCUT2D eigenvalue weighted by molar-refractivity contribution is -0.118. The summed E-state index contributed by atoms with van der Waals surface area (Å²) in [6, 6.07) is 4.04. The highest BCUT2D eigenvalue weighted by Gasteiger charge is 2.30. The van der Waals surface area contributed by atoms with E-state index < -0.39 is 0 Å². The highest BCUT2D eigenvalue weighted by molar-refractivity contribution is 8.01. The summed E-state index contributed by atoms with van der Waals surface area (Å²) in [7, 11) is 0. The summed E-state index contributed by atoms with van der Waals surface area (Å²) in [6.45, 7) is 6.43. The maximum absolute atomic E-state index is 12.2. The molecule has 1 aromatic rings. The lowest BCUT2D eigenvalue weighted by Gasteiger charge is -2.18. The van der Waals surface area contributed by atoms with Crippen molar-refractivity contribution >= 4 is 17.5 Å². The van der Waals surface area contributed by atoms with Crippen molar-refractivity contribution in [2.45, 2.75) is 44.3 Å². The number of Topliss-reactive ketones (excluding diaryl/α,β-unsaturated/α-hetero) is 1. The molecular weight excluding hydrogens is 230 g/mol. The van der Waals surface area contributed by atoms with Gasteiger partial charge >= 0.3 is 0 Å². The van der Waals surface area contributed by atoms with Crippen LogP contribution in [-0.4, -0.2) is 21.3 Å². The molecule has 3 heteroatoms. The van der Waals surface area contributed by atoms with Gasteiger partial charge in [-0.05, 0) is 24.5 Å². The van der Waals surface area contributed by atoms with Crippen LogP contribution in [0.3, 0.4) is 0 Å². The minimum Gasteiger partial charge on any atom is -0.298 e. The van der Waals surface area contributed by atoms with Crippen LogP contribution in [0.4, 0.5) is 0 Å². The van der Waals surface area contributed by atoms with E-state index in [2.05, 4.69) is 31.8 Å². The molecule has 92 valence electrons. The predicted molar refractivity (Wildman–Crippen MR) is 72.5 cm³/mol. The number of thioether (sulfide) groups is 1. The minimum absolute atomic E-state index is 0.0426. The molecule has 0 aliphatic heterocycles. The Kier molecular flexibility index (Phi) is 3.57. The third kappa shape index (κ3) is 3.09. The van der Waals surface area contributed by atoms with Crippen molar-refractivity contribution in [3.63, 3.8) is 0 Å². The Labute approximate surface area is 107 Å². The number of hydrogen-bond acceptors (Lipinski definition) is 3. The maximum Gasteiger partial charge on any atom is 0.151 e. The van der Waals surface area contributed by atoms with Gasteiger partial charge in [-0.3, -0.25) is 9.78 Å². The predicted octanol–water partition coefficient (Wildman–Crippen LogP) is 3.21. The van der Waals surface area contributed by atoms with Gasteiger partial charge in [0.2, 0.25) is 0 Å². The van der Waals surface area contributed by atoms with Crippen LogP contribution in [0, 0.1) is 0 Å². The molecule has 0 saturated carbocycles. The molecule has 17 heavy (non-hydrogen) atoms. The van der Waals surface area contributed by atoms with E-state index in [0.29, 0.717) is 11.5 Å². The first-order valence-electron chi connectivity index (χ1n) is 6.08. The fourth-order valence-corrected chi connectivity index (χ4v) is 2.89.